The minimum atomic E-state index is -2.75. The van der Waals surface area contributed by atoms with Gasteiger partial charge in [-0.05, 0) is 31.7 Å². The van der Waals surface area contributed by atoms with Crippen LogP contribution in [0.5, 0.6) is 0 Å². The standard InChI is InChI=1S/C10H19NO3S2/c12-15-4-1-10(2-5-15)11-7-9-3-6-16(13,14)8-9/h9-11H,1-8H2. The lowest BCUT2D eigenvalue weighted by atomic mass is 10.1. The molecular formula is C10H19NO3S2. The largest absolute Gasteiger partial charge is 0.314 e. The molecule has 0 saturated carbocycles. The number of hydrogen-bond donors (Lipinski definition) is 1. The highest BCUT2D eigenvalue weighted by atomic mass is 32.2. The van der Waals surface area contributed by atoms with E-state index >= 15 is 0 Å². The summed E-state index contributed by atoms with van der Waals surface area (Å²) in [6.45, 7) is 0.802. The van der Waals surface area contributed by atoms with Crippen LogP contribution in [-0.2, 0) is 20.6 Å². The van der Waals surface area contributed by atoms with Gasteiger partial charge in [-0.25, -0.2) is 8.42 Å². The van der Waals surface area contributed by atoms with Crippen LogP contribution in [0.1, 0.15) is 19.3 Å². The minimum absolute atomic E-state index is 0.289. The summed E-state index contributed by atoms with van der Waals surface area (Å²) in [7, 11) is -3.36. The Morgan fingerprint density at radius 1 is 1.19 bits per heavy atom. The Bertz CT molecular complexity index is 356. The van der Waals surface area contributed by atoms with E-state index in [0.717, 1.165) is 37.3 Å². The van der Waals surface area contributed by atoms with Gasteiger partial charge in [-0.1, -0.05) is 0 Å². The first-order valence-corrected chi connectivity index (χ1v) is 9.15. The fourth-order valence-electron chi connectivity index (χ4n) is 2.36. The van der Waals surface area contributed by atoms with Gasteiger partial charge in [0.15, 0.2) is 9.84 Å². The smallest absolute Gasteiger partial charge is 0.150 e. The first kappa shape index (κ1) is 12.5. The Morgan fingerprint density at radius 2 is 1.88 bits per heavy atom. The van der Waals surface area contributed by atoms with E-state index in [2.05, 4.69) is 5.32 Å². The summed E-state index contributed by atoms with van der Waals surface area (Å²) >= 11 is 0. The lowest BCUT2D eigenvalue weighted by Gasteiger charge is -2.23. The van der Waals surface area contributed by atoms with Crippen molar-refractivity contribution in [1.82, 2.24) is 5.32 Å². The molecule has 6 heteroatoms. The zero-order chi connectivity index (χ0) is 11.6. The maximum atomic E-state index is 11.3. The van der Waals surface area contributed by atoms with Crippen LogP contribution in [0, 0.1) is 5.92 Å². The van der Waals surface area contributed by atoms with E-state index in [1.165, 1.54) is 0 Å². The lowest BCUT2D eigenvalue weighted by Crippen LogP contribution is -2.38. The van der Waals surface area contributed by atoms with Gasteiger partial charge in [-0.2, -0.15) is 0 Å². The topological polar surface area (TPSA) is 63.2 Å². The van der Waals surface area contributed by atoms with Gasteiger partial charge in [0.1, 0.15) is 0 Å². The van der Waals surface area contributed by atoms with Crippen molar-refractivity contribution >= 4 is 20.6 Å². The highest BCUT2D eigenvalue weighted by Gasteiger charge is 2.28. The molecule has 2 aliphatic rings. The fraction of sp³-hybridized carbons (Fsp3) is 1.00. The Hall–Kier alpha value is 0.0600. The summed E-state index contributed by atoms with van der Waals surface area (Å²) in [4.78, 5) is 0. The summed E-state index contributed by atoms with van der Waals surface area (Å²) in [5.41, 5.74) is 0. The molecule has 4 nitrogen and oxygen atoms in total. The summed E-state index contributed by atoms with van der Waals surface area (Å²) < 4.78 is 33.7. The van der Waals surface area contributed by atoms with E-state index in [-0.39, 0.29) is 5.92 Å². The van der Waals surface area contributed by atoms with Crippen molar-refractivity contribution < 1.29 is 12.6 Å². The third-order valence-corrected chi connectivity index (χ3v) is 6.63. The van der Waals surface area contributed by atoms with Gasteiger partial charge in [0.05, 0.1) is 11.5 Å². The molecular weight excluding hydrogens is 246 g/mol. The van der Waals surface area contributed by atoms with Gasteiger partial charge in [-0.3, -0.25) is 4.21 Å². The van der Waals surface area contributed by atoms with Crippen molar-refractivity contribution in [3.8, 4) is 0 Å². The van der Waals surface area contributed by atoms with Gasteiger partial charge in [0, 0.05) is 28.3 Å². The molecule has 0 aromatic heterocycles. The molecule has 0 aromatic carbocycles. The molecule has 0 amide bonds. The zero-order valence-electron chi connectivity index (χ0n) is 9.35. The van der Waals surface area contributed by atoms with E-state index in [1.807, 2.05) is 0 Å². The molecule has 16 heavy (non-hydrogen) atoms. The second-order valence-corrected chi connectivity index (χ2v) is 8.72. The lowest BCUT2D eigenvalue weighted by molar-refractivity contribution is 0.427. The van der Waals surface area contributed by atoms with Crippen LogP contribution < -0.4 is 5.32 Å². The molecule has 1 unspecified atom stereocenters. The van der Waals surface area contributed by atoms with Gasteiger partial charge in [0.25, 0.3) is 0 Å². The van der Waals surface area contributed by atoms with Crippen LogP contribution in [0.2, 0.25) is 0 Å². The number of sulfone groups is 1. The SMILES string of the molecule is O=S1CCC(NCC2CCS(=O)(=O)C2)CC1. The Balaban J connectivity index is 1.70. The average molecular weight is 265 g/mol. The summed E-state index contributed by atoms with van der Waals surface area (Å²) in [6, 6.07) is 0.445. The van der Waals surface area contributed by atoms with Crippen molar-refractivity contribution in [1.29, 1.82) is 0 Å². The molecule has 2 aliphatic heterocycles. The molecule has 0 aromatic rings. The maximum Gasteiger partial charge on any atom is 0.150 e. The average Bonchev–Trinajstić information content (AvgIpc) is 2.58. The van der Waals surface area contributed by atoms with Crippen molar-refractivity contribution in [2.45, 2.75) is 25.3 Å². The van der Waals surface area contributed by atoms with E-state index in [9.17, 15) is 12.6 Å². The van der Waals surface area contributed by atoms with Gasteiger partial charge in [0.2, 0.25) is 0 Å². The predicted molar refractivity (Wildman–Crippen MR) is 65.7 cm³/mol. The van der Waals surface area contributed by atoms with Crippen LogP contribution in [0.4, 0.5) is 0 Å². The van der Waals surface area contributed by atoms with Gasteiger partial charge < -0.3 is 5.32 Å². The van der Waals surface area contributed by atoms with E-state index in [4.69, 9.17) is 0 Å². The summed E-state index contributed by atoms with van der Waals surface area (Å²) in [5.74, 6) is 2.57. The van der Waals surface area contributed by atoms with Crippen molar-refractivity contribution in [3.63, 3.8) is 0 Å². The van der Waals surface area contributed by atoms with E-state index in [1.54, 1.807) is 0 Å². The van der Waals surface area contributed by atoms with Crippen molar-refractivity contribution in [3.05, 3.63) is 0 Å². The molecule has 0 spiro atoms. The minimum Gasteiger partial charge on any atom is -0.314 e. The first-order valence-electron chi connectivity index (χ1n) is 5.84. The molecule has 1 N–H and O–H groups in total. The van der Waals surface area contributed by atoms with Crippen LogP contribution in [-0.4, -0.2) is 48.2 Å². The van der Waals surface area contributed by atoms with Crippen molar-refractivity contribution in [2.24, 2.45) is 5.92 Å². The molecule has 2 saturated heterocycles. The number of nitrogens with one attached hydrogen (secondary N) is 1. The van der Waals surface area contributed by atoms with Crippen molar-refractivity contribution in [2.75, 3.05) is 29.6 Å². The van der Waals surface area contributed by atoms with E-state index < -0.39 is 20.6 Å². The van der Waals surface area contributed by atoms with Crippen LogP contribution in [0.25, 0.3) is 0 Å². The molecule has 2 rings (SSSR count). The van der Waals surface area contributed by atoms with E-state index in [0.29, 0.717) is 17.5 Å². The third-order valence-electron chi connectivity index (χ3n) is 3.41. The van der Waals surface area contributed by atoms with Crippen LogP contribution in [0.3, 0.4) is 0 Å². The normalized spacial score (nSPS) is 38.6. The second-order valence-electron chi connectivity index (χ2n) is 4.80. The Kier molecular flexibility index (Phi) is 4.02. The quantitative estimate of drug-likeness (QED) is 0.775. The molecule has 94 valence electrons. The first-order chi connectivity index (χ1) is 7.55. The highest BCUT2D eigenvalue weighted by molar-refractivity contribution is 7.91. The molecule has 1 atom stereocenters. The highest BCUT2D eigenvalue weighted by Crippen LogP contribution is 2.18. The fourth-order valence-corrected chi connectivity index (χ4v) is 5.53. The van der Waals surface area contributed by atoms with Gasteiger partial charge >= 0.3 is 0 Å². The molecule has 2 heterocycles. The Morgan fingerprint density at radius 3 is 2.44 bits per heavy atom. The molecule has 0 bridgehead atoms. The molecule has 0 radical (unpaired) electrons. The van der Waals surface area contributed by atoms with Gasteiger partial charge in [-0.15, -0.1) is 0 Å². The second kappa shape index (κ2) is 5.14. The summed E-state index contributed by atoms with van der Waals surface area (Å²) in [5, 5.41) is 3.42. The predicted octanol–water partition coefficient (Wildman–Crippen LogP) is -0.0782. The monoisotopic (exact) mass is 265 g/mol. The Labute approximate surface area is 99.6 Å². The molecule has 0 aliphatic carbocycles. The van der Waals surface area contributed by atoms with Crippen LogP contribution in [0.15, 0.2) is 0 Å². The third kappa shape index (κ3) is 3.53. The molecule has 2 fully saturated rings. The number of hydrogen-bond acceptors (Lipinski definition) is 4. The van der Waals surface area contributed by atoms with Crippen LogP contribution >= 0.6 is 0 Å². The zero-order valence-corrected chi connectivity index (χ0v) is 11.0. The maximum absolute atomic E-state index is 11.3. The summed E-state index contributed by atoms with van der Waals surface area (Å²) in [6.07, 6.45) is 2.73. The number of rotatable bonds is 3.